The van der Waals surface area contributed by atoms with Gasteiger partial charge in [0.2, 0.25) is 0 Å². The molecule has 1 atom stereocenters. The Balaban J connectivity index is 2.43. The summed E-state index contributed by atoms with van der Waals surface area (Å²) in [5.41, 5.74) is 4.81. The molecule has 0 saturated heterocycles. The van der Waals surface area contributed by atoms with Crippen LogP contribution in [0.2, 0.25) is 0 Å². The van der Waals surface area contributed by atoms with E-state index in [-0.39, 0.29) is 11.4 Å². The van der Waals surface area contributed by atoms with Gasteiger partial charge in [-0.15, -0.1) is 0 Å². The van der Waals surface area contributed by atoms with Crippen molar-refractivity contribution in [2.45, 2.75) is 5.50 Å². The van der Waals surface area contributed by atoms with Gasteiger partial charge in [-0.05, 0) is 17.7 Å². The van der Waals surface area contributed by atoms with E-state index in [0.29, 0.717) is 5.56 Å². The van der Waals surface area contributed by atoms with Crippen LogP contribution in [0.1, 0.15) is 27.0 Å². The van der Waals surface area contributed by atoms with E-state index >= 15 is 0 Å². The summed E-state index contributed by atoms with van der Waals surface area (Å²) in [6, 6.07) is 5.34. The molecule has 1 heterocycles. The number of alkyl halides is 1. The molecule has 1 unspecified atom stereocenters. The Bertz CT molecular complexity index is 431. The van der Waals surface area contributed by atoms with Gasteiger partial charge in [0, 0.05) is 18.2 Å². The number of hydrazone groups is 1. The van der Waals surface area contributed by atoms with Gasteiger partial charge in [0.1, 0.15) is 5.50 Å². The first-order valence-electron chi connectivity index (χ1n) is 4.51. The van der Waals surface area contributed by atoms with Crippen molar-refractivity contribution in [2.75, 3.05) is 7.05 Å². The van der Waals surface area contributed by atoms with Gasteiger partial charge in [0.15, 0.2) is 0 Å². The Morgan fingerprint density at radius 2 is 2.40 bits per heavy atom. The van der Waals surface area contributed by atoms with Gasteiger partial charge in [-0.3, -0.25) is 10.2 Å². The quantitative estimate of drug-likeness (QED) is 0.556. The highest BCUT2D eigenvalue weighted by molar-refractivity contribution is 6.21. The number of nitrogens with zero attached hydrogens (tertiary/aromatic N) is 1. The minimum Gasteiger partial charge on any atom is -0.355 e. The van der Waals surface area contributed by atoms with E-state index in [1.807, 2.05) is 6.07 Å². The monoisotopic (exact) mass is 223 g/mol. The Labute approximate surface area is 92.3 Å². The summed E-state index contributed by atoms with van der Waals surface area (Å²) in [7, 11) is 1.60. The van der Waals surface area contributed by atoms with Crippen molar-refractivity contribution in [1.82, 2.24) is 10.7 Å². The van der Waals surface area contributed by atoms with Crippen LogP contribution in [0.15, 0.2) is 23.3 Å². The second kappa shape index (κ2) is 3.90. The van der Waals surface area contributed by atoms with Crippen LogP contribution in [0.4, 0.5) is 0 Å². The fraction of sp³-hybridized carbons (Fsp3) is 0.200. The Morgan fingerprint density at radius 1 is 1.60 bits per heavy atom. The van der Waals surface area contributed by atoms with E-state index in [2.05, 4.69) is 15.8 Å². The summed E-state index contributed by atoms with van der Waals surface area (Å²) in [5.74, 6) is -0.115. The van der Waals surface area contributed by atoms with Crippen LogP contribution in [0.5, 0.6) is 0 Å². The number of carbonyl (C=O) groups excluding carboxylic acids is 1. The molecule has 1 amide bonds. The van der Waals surface area contributed by atoms with E-state index < -0.39 is 0 Å². The number of hydrogen-bond donors (Lipinski definition) is 2. The molecule has 0 aromatic heterocycles. The molecular formula is C10H10ClN3O. The van der Waals surface area contributed by atoms with Crippen LogP contribution >= 0.6 is 11.6 Å². The van der Waals surface area contributed by atoms with Crippen LogP contribution in [-0.4, -0.2) is 19.2 Å². The third-order valence-corrected chi connectivity index (χ3v) is 2.57. The van der Waals surface area contributed by atoms with Gasteiger partial charge in [-0.2, -0.15) is 5.10 Å². The lowest BCUT2D eigenvalue weighted by Gasteiger charge is -2.17. The first-order chi connectivity index (χ1) is 7.22. The van der Waals surface area contributed by atoms with Gasteiger partial charge in [0.05, 0.1) is 6.21 Å². The zero-order valence-electron chi connectivity index (χ0n) is 8.12. The van der Waals surface area contributed by atoms with E-state index in [0.717, 1.165) is 11.1 Å². The zero-order chi connectivity index (χ0) is 10.8. The smallest absolute Gasteiger partial charge is 0.251 e. The lowest BCUT2D eigenvalue weighted by Crippen LogP contribution is -2.20. The fourth-order valence-corrected chi connectivity index (χ4v) is 1.70. The van der Waals surface area contributed by atoms with Crippen molar-refractivity contribution >= 4 is 23.7 Å². The molecule has 0 fully saturated rings. The molecule has 5 heteroatoms. The maximum Gasteiger partial charge on any atom is 0.251 e. The number of hydrogen-bond acceptors (Lipinski definition) is 3. The SMILES string of the molecule is CNC(=O)c1ccc2c(c1)C=NNC2Cl. The first-order valence-corrected chi connectivity index (χ1v) is 4.94. The van der Waals surface area contributed by atoms with Crippen LogP contribution in [0, 0.1) is 0 Å². The van der Waals surface area contributed by atoms with Crippen LogP contribution in [0.25, 0.3) is 0 Å². The van der Waals surface area contributed by atoms with Gasteiger partial charge in [0.25, 0.3) is 5.91 Å². The topological polar surface area (TPSA) is 53.5 Å². The summed E-state index contributed by atoms with van der Waals surface area (Å²) >= 11 is 5.99. The predicted molar refractivity (Wildman–Crippen MR) is 59.2 cm³/mol. The zero-order valence-corrected chi connectivity index (χ0v) is 8.88. The molecule has 78 valence electrons. The highest BCUT2D eigenvalue weighted by Crippen LogP contribution is 2.24. The summed E-state index contributed by atoms with van der Waals surface area (Å²) < 4.78 is 0. The average Bonchev–Trinajstić information content (AvgIpc) is 2.28. The normalized spacial score (nSPS) is 17.9. The highest BCUT2D eigenvalue weighted by Gasteiger charge is 2.16. The molecule has 0 radical (unpaired) electrons. The largest absolute Gasteiger partial charge is 0.355 e. The van der Waals surface area contributed by atoms with Gasteiger partial charge < -0.3 is 5.32 Å². The predicted octanol–water partition coefficient (Wildman–Crippen LogP) is 1.22. The van der Waals surface area contributed by atoms with Crippen molar-refractivity contribution < 1.29 is 4.79 Å². The fourth-order valence-electron chi connectivity index (χ4n) is 1.44. The molecule has 2 N–H and O–H groups in total. The number of nitrogens with one attached hydrogen (secondary N) is 2. The lowest BCUT2D eigenvalue weighted by atomic mass is 10.0. The molecule has 2 rings (SSSR count). The number of halogens is 1. The Morgan fingerprint density at radius 3 is 3.13 bits per heavy atom. The van der Waals surface area contributed by atoms with Crippen molar-refractivity contribution in [1.29, 1.82) is 0 Å². The maximum absolute atomic E-state index is 11.4. The minimum atomic E-state index is -0.330. The van der Waals surface area contributed by atoms with Crippen LogP contribution < -0.4 is 10.7 Å². The van der Waals surface area contributed by atoms with Crippen molar-refractivity contribution in [3.8, 4) is 0 Å². The number of rotatable bonds is 1. The first kappa shape index (κ1) is 9.98. The van der Waals surface area contributed by atoms with E-state index in [1.54, 1.807) is 25.4 Å². The van der Waals surface area contributed by atoms with Crippen LogP contribution in [-0.2, 0) is 0 Å². The standard InChI is InChI=1S/C10H10ClN3O/c1-12-10(15)6-2-3-8-7(4-6)5-13-14-9(8)11/h2-5,9,14H,1H3,(H,12,15). The third-order valence-electron chi connectivity index (χ3n) is 2.24. The van der Waals surface area contributed by atoms with Crippen LogP contribution in [0.3, 0.4) is 0 Å². The molecule has 1 aliphatic rings. The minimum absolute atomic E-state index is 0.115. The molecule has 15 heavy (non-hydrogen) atoms. The molecule has 4 nitrogen and oxygen atoms in total. The number of amides is 1. The molecule has 0 bridgehead atoms. The second-order valence-electron chi connectivity index (χ2n) is 3.17. The Kier molecular flexibility index (Phi) is 2.60. The lowest BCUT2D eigenvalue weighted by molar-refractivity contribution is 0.0963. The Hall–Kier alpha value is -1.55. The maximum atomic E-state index is 11.4. The van der Waals surface area contributed by atoms with Gasteiger partial charge in [-0.1, -0.05) is 17.7 Å². The summed E-state index contributed by atoms with van der Waals surface area (Å²) in [4.78, 5) is 11.4. The van der Waals surface area contributed by atoms with E-state index in [9.17, 15) is 4.79 Å². The van der Waals surface area contributed by atoms with Gasteiger partial charge >= 0.3 is 0 Å². The van der Waals surface area contributed by atoms with E-state index in [1.165, 1.54) is 0 Å². The van der Waals surface area contributed by atoms with Crippen molar-refractivity contribution in [2.24, 2.45) is 5.10 Å². The summed E-state index contributed by atoms with van der Waals surface area (Å²) in [5, 5.41) is 6.45. The van der Waals surface area contributed by atoms with E-state index in [4.69, 9.17) is 11.6 Å². The number of fused-ring (bicyclic) bond motifs is 1. The number of benzene rings is 1. The van der Waals surface area contributed by atoms with Crippen molar-refractivity contribution in [3.63, 3.8) is 0 Å². The molecule has 1 aromatic rings. The molecule has 1 aliphatic heterocycles. The highest BCUT2D eigenvalue weighted by atomic mass is 35.5. The van der Waals surface area contributed by atoms with Gasteiger partial charge in [-0.25, -0.2) is 0 Å². The second-order valence-corrected chi connectivity index (χ2v) is 3.61. The molecule has 0 aliphatic carbocycles. The third kappa shape index (κ3) is 1.80. The van der Waals surface area contributed by atoms with Crippen molar-refractivity contribution in [3.05, 3.63) is 34.9 Å². The molecule has 0 saturated carbocycles. The number of carbonyl (C=O) groups is 1. The summed E-state index contributed by atoms with van der Waals surface area (Å²) in [6.07, 6.45) is 1.65. The molecular weight excluding hydrogens is 214 g/mol. The molecule has 0 spiro atoms. The molecule has 1 aromatic carbocycles. The average molecular weight is 224 g/mol. The summed E-state index contributed by atoms with van der Waals surface area (Å²) in [6.45, 7) is 0.